The van der Waals surface area contributed by atoms with Crippen LogP contribution in [0.5, 0.6) is 0 Å². The molecule has 0 aromatic carbocycles. The van der Waals surface area contributed by atoms with Gasteiger partial charge in [0.25, 0.3) is 0 Å². The van der Waals surface area contributed by atoms with Gasteiger partial charge >= 0.3 is 5.97 Å². The van der Waals surface area contributed by atoms with Gasteiger partial charge < -0.3 is 10.4 Å². The molecule has 5 nitrogen and oxygen atoms in total. The molecule has 1 saturated carbocycles. The van der Waals surface area contributed by atoms with E-state index >= 15 is 0 Å². The quantitative estimate of drug-likeness (QED) is 0.893. The first-order valence-electron chi connectivity index (χ1n) is 7.19. The van der Waals surface area contributed by atoms with E-state index in [4.69, 9.17) is 0 Å². The molecule has 0 aliphatic heterocycles. The van der Waals surface area contributed by atoms with Gasteiger partial charge in [-0.1, -0.05) is 33.6 Å². The molecule has 1 heterocycles. The Bertz CT molecular complexity index is 467. The van der Waals surface area contributed by atoms with Gasteiger partial charge in [-0.2, -0.15) is 4.37 Å². The Labute approximate surface area is 124 Å². The molecule has 0 spiro atoms. The number of nitrogens with one attached hydrogen (secondary N) is 1. The topological polar surface area (TPSA) is 75.1 Å². The van der Waals surface area contributed by atoms with Crippen molar-refractivity contribution in [2.24, 2.45) is 11.8 Å². The third-order valence-electron chi connectivity index (χ3n) is 3.84. The van der Waals surface area contributed by atoms with Crippen LogP contribution < -0.4 is 5.32 Å². The molecule has 112 valence electrons. The number of hydrogen-bond acceptors (Lipinski definition) is 5. The Morgan fingerprint density at radius 1 is 1.40 bits per heavy atom. The van der Waals surface area contributed by atoms with Crippen LogP contribution in [-0.2, 0) is 10.2 Å². The van der Waals surface area contributed by atoms with E-state index in [2.05, 4.69) is 35.4 Å². The molecule has 1 fully saturated rings. The number of carboxylic acid groups (broad SMARTS) is 1. The first-order chi connectivity index (χ1) is 9.38. The van der Waals surface area contributed by atoms with Crippen LogP contribution in [0.25, 0.3) is 0 Å². The lowest BCUT2D eigenvalue weighted by molar-refractivity contribution is -0.144. The molecule has 1 aliphatic carbocycles. The van der Waals surface area contributed by atoms with Crippen molar-refractivity contribution < 1.29 is 9.90 Å². The highest BCUT2D eigenvalue weighted by atomic mass is 32.1. The average Bonchev–Trinajstić information content (AvgIpc) is 2.85. The van der Waals surface area contributed by atoms with Crippen LogP contribution in [-0.4, -0.2) is 27.0 Å². The number of hydrogen-bond donors (Lipinski definition) is 2. The second-order valence-electron chi connectivity index (χ2n) is 6.54. The molecule has 0 saturated heterocycles. The lowest BCUT2D eigenvalue weighted by atomic mass is 9.79. The van der Waals surface area contributed by atoms with Crippen molar-refractivity contribution in [2.45, 2.75) is 51.9 Å². The zero-order valence-electron chi connectivity index (χ0n) is 12.3. The number of carbonyl (C=O) groups is 1. The van der Waals surface area contributed by atoms with Crippen molar-refractivity contribution >= 4 is 22.6 Å². The van der Waals surface area contributed by atoms with Gasteiger partial charge in [0.15, 0.2) is 0 Å². The molecule has 1 aromatic heterocycles. The summed E-state index contributed by atoms with van der Waals surface area (Å²) < 4.78 is 4.36. The minimum Gasteiger partial charge on any atom is -0.481 e. The fraction of sp³-hybridized carbons (Fsp3) is 0.786. The summed E-state index contributed by atoms with van der Waals surface area (Å²) in [6.07, 6.45) is 3.93. The van der Waals surface area contributed by atoms with E-state index < -0.39 is 5.97 Å². The van der Waals surface area contributed by atoms with Crippen LogP contribution in [0.2, 0.25) is 0 Å². The molecule has 2 rings (SSSR count). The summed E-state index contributed by atoms with van der Waals surface area (Å²) >= 11 is 1.35. The molecule has 1 aromatic rings. The summed E-state index contributed by atoms with van der Waals surface area (Å²) in [5.41, 5.74) is -0.0507. The Balaban J connectivity index is 1.94. The highest BCUT2D eigenvalue weighted by molar-refractivity contribution is 7.09. The summed E-state index contributed by atoms with van der Waals surface area (Å²) in [5, 5.41) is 13.3. The van der Waals surface area contributed by atoms with E-state index in [1.54, 1.807) is 0 Å². The van der Waals surface area contributed by atoms with Crippen LogP contribution in [0.3, 0.4) is 0 Å². The molecule has 2 atom stereocenters. The number of nitrogens with zero attached hydrogens (tertiary/aromatic N) is 2. The minimum atomic E-state index is -0.663. The van der Waals surface area contributed by atoms with Crippen LogP contribution in [0.1, 0.15) is 52.3 Å². The second kappa shape index (κ2) is 6.08. The lowest BCUT2D eigenvalue weighted by Gasteiger charge is -2.28. The van der Waals surface area contributed by atoms with Crippen LogP contribution in [0.4, 0.5) is 5.13 Å². The fourth-order valence-corrected chi connectivity index (χ4v) is 3.36. The van der Waals surface area contributed by atoms with Crippen molar-refractivity contribution in [3.05, 3.63) is 5.82 Å². The third-order valence-corrected chi connectivity index (χ3v) is 4.51. The van der Waals surface area contributed by atoms with E-state index in [-0.39, 0.29) is 17.3 Å². The maximum Gasteiger partial charge on any atom is 0.306 e. The number of rotatable bonds is 4. The van der Waals surface area contributed by atoms with E-state index in [1.807, 2.05) is 0 Å². The average molecular weight is 297 g/mol. The van der Waals surface area contributed by atoms with E-state index in [0.717, 1.165) is 36.6 Å². The Morgan fingerprint density at radius 2 is 2.10 bits per heavy atom. The zero-order valence-corrected chi connectivity index (χ0v) is 13.2. The molecule has 20 heavy (non-hydrogen) atoms. The molecule has 0 amide bonds. The first kappa shape index (κ1) is 15.2. The maximum absolute atomic E-state index is 11.3. The second-order valence-corrected chi connectivity index (χ2v) is 7.30. The molecule has 2 N–H and O–H groups in total. The monoisotopic (exact) mass is 297 g/mol. The predicted molar refractivity (Wildman–Crippen MR) is 80.2 cm³/mol. The number of aliphatic carboxylic acids is 1. The van der Waals surface area contributed by atoms with Gasteiger partial charge in [0.2, 0.25) is 5.13 Å². The maximum atomic E-state index is 11.3. The Morgan fingerprint density at radius 3 is 2.70 bits per heavy atom. The van der Waals surface area contributed by atoms with Gasteiger partial charge in [-0.25, -0.2) is 4.98 Å². The molecule has 0 radical (unpaired) electrons. The van der Waals surface area contributed by atoms with Crippen LogP contribution in [0, 0.1) is 11.8 Å². The highest BCUT2D eigenvalue weighted by Gasteiger charge is 2.30. The SMILES string of the molecule is CC(C)(C)c1nsc(NCC2CCCCC2C(=O)O)n1. The van der Waals surface area contributed by atoms with Gasteiger partial charge in [-0.15, -0.1) is 0 Å². The van der Waals surface area contributed by atoms with Gasteiger partial charge in [0, 0.05) is 23.5 Å². The van der Waals surface area contributed by atoms with Gasteiger partial charge in [-0.05, 0) is 18.8 Å². The Kier molecular flexibility index (Phi) is 4.62. The van der Waals surface area contributed by atoms with Gasteiger partial charge in [0.1, 0.15) is 5.82 Å². The van der Waals surface area contributed by atoms with Crippen molar-refractivity contribution in [3.63, 3.8) is 0 Å². The molecule has 6 heteroatoms. The summed E-state index contributed by atoms with van der Waals surface area (Å²) in [5.74, 6) is 0.155. The van der Waals surface area contributed by atoms with E-state index in [9.17, 15) is 9.90 Å². The third kappa shape index (κ3) is 3.69. The molecule has 2 unspecified atom stereocenters. The van der Waals surface area contributed by atoms with Gasteiger partial charge in [-0.3, -0.25) is 4.79 Å². The number of carboxylic acids is 1. The summed E-state index contributed by atoms with van der Waals surface area (Å²) in [7, 11) is 0. The van der Waals surface area contributed by atoms with Crippen molar-refractivity contribution in [3.8, 4) is 0 Å². The van der Waals surface area contributed by atoms with Crippen molar-refractivity contribution in [2.75, 3.05) is 11.9 Å². The van der Waals surface area contributed by atoms with Crippen LogP contribution in [0.15, 0.2) is 0 Å². The highest BCUT2D eigenvalue weighted by Crippen LogP contribution is 2.31. The number of anilines is 1. The van der Waals surface area contributed by atoms with E-state index in [0.29, 0.717) is 6.54 Å². The van der Waals surface area contributed by atoms with Crippen molar-refractivity contribution in [1.29, 1.82) is 0 Å². The fourth-order valence-electron chi connectivity index (χ4n) is 2.60. The molecular weight excluding hydrogens is 274 g/mol. The zero-order chi connectivity index (χ0) is 14.8. The number of aromatic nitrogens is 2. The minimum absolute atomic E-state index is 0.0507. The Hall–Kier alpha value is -1.17. The van der Waals surface area contributed by atoms with Crippen LogP contribution >= 0.6 is 11.5 Å². The van der Waals surface area contributed by atoms with E-state index in [1.165, 1.54) is 11.5 Å². The van der Waals surface area contributed by atoms with Gasteiger partial charge in [0.05, 0.1) is 5.92 Å². The normalized spacial score (nSPS) is 23.6. The predicted octanol–water partition coefficient (Wildman–Crippen LogP) is 3.14. The largest absolute Gasteiger partial charge is 0.481 e. The lowest BCUT2D eigenvalue weighted by Crippen LogP contribution is -2.31. The smallest absolute Gasteiger partial charge is 0.306 e. The summed E-state index contributed by atoms with van der Waals surface area (Å²) in [4.78, 5) is 15.7. The summed E-state index contributed by atoms with van der Waals surface area (Å²) in [6.45, 7) is 6.93. The molecular formula is C14H23N3O2S. The standard InChI is InChI=1S/C14H23N3O2S/c1-14(2,3)12-16-13(20-17-12)15-8-9-6-4-5-7-10(9)11(18)19/h9-10H,4-8H2,1-3H3,(H,18,19)(H,15,16,17). The van der Waals surface area contributed by atoms with Crippen molar-refractivity contribution in [1.82, 2.24) is 9.36 Å². The first-order valence-corrected chi connectivity index (χ1v) is 7.96. The molecule has 1 aliphatic rings. The summed E-state index contributed by atoms with van der Waals surface area (Å²) in [6, 6.07) is 0. The molecule has 0 bridgehead atoms.